The van der Waals surface area contributed by atoms with Crippen LogP contribution in [-0.2, 0) is 13.5 Å². The molecule has 0 aliphatic carbocycles. The molecule has 112 valence electrons. The fraction of sp³-hybridized carbons (Fsp3) is 0.385. The number of nitrogens with zero attached hydrogens (tertiary/aromatic N) is 4. The summed E-state index contributed by atoms with van der Waals surface area (Å²) in [6.45, 7) is 2.85. The second-order valence-corrected chi connectivity index (χ2v) is 4.44. The summed E-state index contributed by atoms with van der Waals surface area (Å²) in [5.74, 6) is 0.213. The summed E-state index contributed by atoms with van der Waals surface area (Å²) < 4.78 is 15.0. The number of carbonyl (C=O) groups is 1. The topological polar surface area (TPSA) is 84.7 Å². The molecule has 0 bridgehead atoms. The van der Waals surface area contributed by atoms with Crippen LogP contribution in [0.15, 0.2) is 18.6 Å². The molecule has 2 aromatic rings. The van der Waals surface area contributed by atoms with E-state index in [1.807, 2.05) is 14.0 Å². The van der Waals surface area contributed by atoms with Gasteiger partial charge < -0.3 is 15.2 Å². The Morgan fingerprint density at radius 2 is 2.29 bits per heavy atom. The van der Waals surface area contributed by atoms with E-state index in [1.165, 1.54) is 6.07 Å². The maximum Gasteiger partial charge on any atom is 0.255 e. The fourth-order valence-electron chi connectivity index (χ4n) is 1.84. The molecule has 2 N–H and O–H groups in total. The highest BCUT2D eigenvalue weighted by molar-refractivity contribution is 5.98. The summed E-state index contributed by atoms with van der Waals surface area (Å²) in [6.07, 6.45) is 3.22. The van der Waals surface area contributed by atoms with E-state index in [9.17, 15) is 9.18 Å². The summed E-state index contributed by atoms with van der Waals surface area (Å²) in [4.78, 5) is 16.0. The van der Waals surface area contributed by atoms with E-state index in [-0.39, 0.29) is 11.5 Å². The van der Waals surface area contributed by atoms with Crippen molar-refractivity contribution in [2.24, 2.45) is 7.05 Å². The predicted octanol–water partition coefficient (Wildman–Crippen LogP) is 0.753. The quantitative estimate of drug-likeness (QED) is 0.821. The second kappa shape index (κ2) is 6.78. The van der Waals surface area contributed by atoms with E-state index in [0.29, 0.717) is 25.3 Å². The molecule has 0 spiro atoms. The van der Waals surface area contributed by atoms with Crippen molar-refractivity contribution in [3.05, 3.63) is 35.8 Å². The number of amides is 1. The SMILES string of the molecule is CCNc1ncc(F)cc1C(=O)NCCc1nncn1C. The minimum atomic E-state index is -0.546. The molecule has 1 amide bonds. The molecule has 0 unspecified atom stereocenters. The number of hydrogen-bond acceptors (Lipinski definition) is 5. The van der Waals surface area contributed by atoms with Crippen LogP contribution in [0.4, 0.5) is 10.2 Å². The largest absolute Gasteiger partial charge is 0.370 e. The van der Waals surface area contributed by atoms with Crippen molar-refractivity contribution in [1.29, 1.82) is 0 Å². The molecule has 0 radical (unpaired) electrons. The van der Waals surface area contributed by atoms with Gasteiger partial charge in [0.25, 0.3) is 5.91 Å². The van der Waals surface area contributed by atoms with Gasteiger partial charge in [0.05, 0.1) is 11.8 Å². The summed E-state index contributed by atoms with van der Waals surface area (Å²) in [7, 11) is 1.83. The minimum absolute atomic E-state index is 0.190. The number of nitrogens with one attached hydrogen (secondary N) is 2. The minimum Gasteiger partial charge on any atom is -0.370 e. The van der Waals surface area contributed by atoms with Gasteiger partial charge >= 0.3 is 0 Å². The molecule has 7 nitrogen and oxygen atoms in total. The predicted molar refractivity (Wildman–Crippen MR) is 75.4 cm³/mol. The highest BCUT2D eigenvalue weighted by Gasteiger charge is 2.13. The Bertz CT molecular complexity index is 627. The van der Waals surface area contributed by atoms with Crippen LogP contribution in [0.1, 0.15) is 23.1 Å². The van der Waals surface area contributed by atoms with Crippen LogP contribution in [0.5, 0.6) is 0 Å². The number of anilines is 1. The van der Waals surface area contributed by atoms with Crippen molar-refractivity contribution in [3.63, 3.8) is 0 Å². The Morgan fingerprint density at radius 3 is 2.95 bits per heavy atom. The molecule has 2 heterocycles. The van der Waals surface area contributed by atoms with Gasteiger partial charge in [-0.1, -0.05) is 0 Å². The molecule has 0 aromatic carbocycles. The molecule has 0 fully saturated rings. The molecule has 2 rings (SSSR count). The van der Waals surface area contributed by atoms with Crippen LogP contribution in [0, 0.1) is 5.82 Å². The molecule has 0 aliphatic rings. The van der Waals surface area contributed by atoms with E-state index in [1.54, 1.807) is 10.9 Å². The summed E-state index contributed by atoms with van der Waals surface area (Å²) in [6, 6.07) is 1.17. The number of pyridine rings is 1. The number of rotatable bonds is 6. The number of hydrogen-bond donors (Lipinski definition) is 2. The molecule has 8 heteroatoms. The zero-order valence-electron chi connectivity index (χ0n) is 11.9. The van der Waals surface area contributed by atoms with E-state index < -0.39 is 5.82 Å². The van der Waals surface area contributed by atoms with E-state index in [0.717, 1.165) is 12.0 Å². The summed E-state index contributed by atoms with van der Waals surface area (Å²) in [5, 5.41) is 13.3. The molecule has 2 aromatic heterocycles. The third kappa shape index (κ3) is 3.74. The fourth-order valence-corrected chi connectivity index (χ4v) is 1.84. The van der Waals surface area contributed by atoms with Gasteiger partial charge in [0.15, 0.2) is 0 Å². The van der Waals surface area contributed by atoms with Crippen LogP contribution >= 0.6 is 0 Å². The Hall–Kier alpha value is -2.51. The first-order chi connectivity index (χ1) is 10.1. The lowest BCUT2D eigenvalue weighted by Gasteiger charge is -2.10. The van der Waals surface area contributed by atoms with Crippen molar-refractivity contribution in [2.75, 3.05) is 18.4 Å². The molecule has 0 aliphatic heterocycles. The van der Waals surface area contributed by atoms with E-state index >= 15 is 0 Å². The molecule has 0 saturated heterocycles. The van der Waals surface area contributed by atoms with Gasteiger partial charge in [0.2, 0.25) is 0 Å². The Labute approximate surface area is 121 Å². The first kappa shape index (κ1) is 14.9. The van der Waals surface area contributed by atoms with Crippen molar-refractivity contribution >= 4 is 11.7 Å². The number of halogens is 1. The van der Waals surface area contributed by atoms with Crippen molar-refractivity contribution in [1.82, 2.24) is 25.1 Å². The van der Waals surface area contributed by atoms with E-state index in [4.69, 9.17) is 0 Å². The third-order valence-electron chi connectivity index (χ3n) is 2.88. The number of carbonyl (C=O) groups excluding carboxylic acids is 1. The van der Waals surface area contributed by atoms with E-state index in [2.05, 4.69) is 25.8 Å². The van der Waals surface area contributed by atoms with Crippen molar-refractivity contribution < 1.29 is 9.18 Å². The first-order valence-corrected chi connectivity index (χ1v) is 6.62. The molecule has 21 heavy (non-hydrogen) atoms. The van der Waals surface area contributed by atoms with Crippen molar-refractivity contribution in [2.45, 2.75) is 13.3 Å². The molecular weight excluding hydrogens is 275 g/mol. The van der Waals surface area contributed by atoms with Gasteiger partial charge in [-0.05, 0) is 13.0 Å². The maximum atomic E-state index is 13.3. The number of aromatic nitrogens is 4. The van der Waals surface area contributed by atoms with Gasteiger partial charge in [0, 0.05) is 26.6 Å². The van der Waals surface area contributed by atoms with Crippen LogP contribution in [0.3, 0.4) is 0 Å². The average Bonchev–Trinajstić information content (AvgIpc) is 2.86. The summed E-state index contributed by atoms with van der Waals surface area (Å²) >= 11 is 0. The van der Waals surface area contributed by atoms with Crippen LogP contribution in [-0.4, -0.2) is 38.7 Å². The van der Waals surface area contributed by atoms with Crippen LogP contribution in [0.25, 0.3) is 0 Å². The maximum absolute atomic E-state index is 13.3. The number of aryl methyl sites for hydroxylation is 1. The van der Waals surface area contributed by atoms with Crippen molar-refractivity contribution in [3.8, 4) is 0 Å². The van der Waals surface area contributed by atoms with Gasteiger partial charge in [0.1, 0.15) is 23.8 Å². The van der Waals surface area contributed by atoms with Gasteiger partial charge in [-0.15, -0.1) is 10.2 Å². The zero-order chi connectivity index (χ0) is 15.2. The lowest BCUT2D eigenvalue weighted by molar-refractivity contribution is 0.0954. The lowest BCUT2D eigenvalue weighted by Crippen LogP contribution is -2.27. The molecule has 0 saturated carbocycles. The zero-order valence-corrected chi connectivity index (χ0v) is 11.9. The molecular formula is C13H17FN6O. The smallest absolute Gasteiger partial charge is 0.255 e. The lowest BCUT2D eigenvalue weighted by atomic mass is 10.2. The normalized spacial score (nSPS) is 10.4. The Balaban J connectivity index is 1.99. The highest BCUT2D eigenvalue weighted by atomic mass is 19.1. The van der Waals surface area contributed by atoms with Crippen LogP contribution < -0.4 is 10.6 Å². The third-order valence-corrected chi connectivity index (χ3v) is 2.88. The van der Waals surface area contributed by atoms with Gasteiger partial charge in [-0.3, -0.25) is 4.79 Å². The van der Waals surface area contributed by atoms with Crippen LogP contribution in [0.2, 0.25) is 0 Å². The average molecular weight is 292 g/mol. The first-order valence-electron chi connectivity index (χ1n) is 6.62. The standard InChI is InChI=1S/C13H17FN6O/c1-3-15-12-10(6-9(14)7-17-12)13(21)16-5-4-11-19-18-8-20(11)2/h6-8H,3-5H2,1-2H3,(H,15,17)(H,16,21). The monoisotopic (exact) mass is 292 g/mol. The Kier molecular flexibility index (Phi) is 4.81. The Morgan fingerprint density at radius 1 is 1.48 bits per heavy atom. The van der Waals surface area contributed by atoms with Gasteiger partial charge in [-0.25, -0.2) is 9.37 Å². The summed E-state index contributed by atoms with van der Waals surface area (Å²) in [5.41, 5.74) is 0.190. The highest BCUT2D eigenvalue weighted by Crippen LogP contribution is 2.13. The molecule has 0 atom stereocenters. The second-order valence-electron chi connectivity index (χ2n) is 4.44. The van der Waals surface area contributed by atoms with Gasteiger partial charge in [-0.2, -0.15) is 0 Å².